The molecule has 9 heteroatoms. The molecule has 0 radical (unpaired) electrons. The molecule has 0 spiro atoms. The first-order valence-electron chi connectivity index (χ1n) is 12.5. The van der Waals surface area contributed by atoms with Gasteiger partial charge < -0.3 is 4.74 Å². The second-order valence-corrected chi connectivity index (χ2v) is 9.59. The van der Waals surface area contributed by atoms with Crippen molar-refractivity contribution in [2.75, 3.05) is 0 Å². The molecule has 0 saturated heterocycles. The molecular formula is C27H32N6O3. The van der Waals surface area contributed by atoms with Crippen molar-refractivity contribution in [3.05, 3.63) is 74.2 Å². The summed E-state index contributed by atoms with van der Waals surface area (Å²) >= 11 is 0. The standard InChI is InChI=1S/C27H32N6O3/c1-4-13-32-26(34)31-25(33(27(32)35)17-20-7-5-18(2)6-8-20)30-22-10-11-23(19(3)14-22)36-24-12-9-21(15-28)16-29-24/h9-12,14,16,18,20H,4-8,13,17H2,1-3H3,(H,30,31,34)/t18-,20-. The number of aromatic amines is 1. The summed E-state index contributed by atoms with van der Waals surface area (Å²) in [7, 11) is 0. The van der Waals surface area contributed by atoms with Crippen LogP contribution in [0.4, 0.5) is 5.69 Å². The van der Waals surface area contributed by atoms with Gasteiger partial charge in [0.15, 0.2) is 0 Å². The van der Waals surface area contributed by atoms with Crippen molar-refractivity contribution in [2.45, 2.75) is 66.0 Å². The zero-order valence-electron chi connectivity index (χ0n) is 21.0. The van der Waals surface area contributed by atoms with E-state index in [2.05, 4.69) is 21.9 Å². The molecule has 1 aliphatic rings. The first-order chi connectivity index (χ1) is 17.4. The Bertz CT molecular complexity index is 1430. The third kappa shape index (κ3) is 5.82. The lowest BCUT2D eigenvalue weighted by molar-refractivity contribution is 0.255. The van der Waals surface area contributed by atoms with Crippen molar-refractivity contribution in [3.63, 3.8) is 0 Å². The van der Waals surface area contributed by atoms with E-state index in [1.54, 1.807) is 28.8 Å². The highest BCUT2D eigenvalue weighted by Gasteiger charge is 2.20. The Morgan fingerprint density at radius 1 is 1.17 bits per heavy atom. The number of nitrogens with zero attached hydrogens (tertiary/aromatic N) is 5. The number of nitriles is 1. The zero-order valence-corrected chi connectivity index (χ0v) is 21.0. The van der Waals surface area contributed by atoms with Gasteiger partial charge in [0.2, 0.25) is 11.5 Å². The van der Waals surface area contributed by atoms with Crippen LogP contribution in [0.1, 0.15) is 57.1 Å². The molecule has 9 nitrogen and oxygen atoms in total. The number of benzene rings is 1. The third-order valence-corrected chi connectivity index (χ3v) is 6.68. The van der Waals surface area contributed by atoms with E-state index in [0.29, 0.717) is 54.2 Å². The average molecular weight is 489 g/mol. The van der Waals surface area contributed by atoms with Crippen LogP contribution in [-0.4, -0.2) is 19.1 Å². The van der Waals surface area contributed by atoms with Crippen LogP contribution in [0.5, 0.6) is 11.6 Å². The molecule has 0 unspecified atom stereocenters. The summed E-state index contributed by atoms with van der Waals surface area (Å²) in [4.78, 5) is 37.6. The molecular weight excluding hydrogens is 456 g/mol. The molecule has 0 aliphatic heterocycles. The van der Waals surface area contributed by atoms with E-state index < -0.39 is 5.69 Å². The molecule has 2 heterocycles. The maximum atomic E-state index is 13.3. The SMILES string of the molecule is CCCn1c(=O)[nH]/c(=N\c2ccc(Oc3ccc(C#N)cn3)c(C)c2)n(C[C@H]2CC[C@H](C)CC2)c1=O. The second-order valence-electron chi connectivity index (χ2n) is 9.59. The number of aryl methyl sites for hydroxylation is 1. The van der Waals surface area contributed by atoms with Crippen LogP contribution in [-0.2, 0) is 13.1 Å². The summed E-state index contributed by atoms with van der Waals surface area (Å²) in [6.45, 7) is 7.00. The summed E-state index contributed by atoms with van der Waals surface area (Å²) in [5, 5.41) is 8.93. The van der Waals surface area contributed by atoms with Crippen LogP contribution >= 0.6 is 0 Å². The Labute approximate surface area is 209 Å². The second kappa shape index (κ2) is 11.2. The summed E-state index contributed by atoms with van der Waals surface area (Å²) in [6, 6.07) is 10.7. The topological polar surface area (TPSA) is 118 Å². The summed E-state index contributed by atoms with van der Waals surface area (Å²) in [5.74, 6) is 2.07. The van der Waals surface area contributed by atoms with Gasteiger partial charge in [-0.1, -0.05) is 26.7 Å². The van der Waals surface area contributed by atoms with E-state index in [-0.39, 0.29) is 11.3 Å². The predicted molar refractivity (Wildman–Crippen MR) is 136 cm³/mol. The van der Waals surface area contributed by atoms with Gasteiger partial charge in [-0.25, -0.2) is 24.1 Å². The maximum absolute atomic E-state index is 13.3. The van der Waals surface area contributed by atoms with Crippen LogP contribution in [0.2, 0.25) is 0 Å². The number of hydrogen-bond donors (Lipinski definition) is 1. The van der Waals surface area contributed by atoms with E-state index in [1.807, 2.05) is 26.0 Å². The number of hydrogen-bond acceptors (Lipinski definition) is 6. The normalized spacial score (nSPS) is 18.1. The number of pyridine rings is 1. The highest BCUT2D eigenvalue weighted by atomic mass is 16.5. The van der Waals surface area contributed by atoms with Crippen molar-refractivity contribution in [1.82, 2.24) is 19.1 Å². The van der Waals surface area contributed by atoms with E-state index in [4.69, 9.17) is 10.00 Å². The Balaban J connectivity index is 1.68. The fourth-order valence-electron chi connectivity index (χ4n) is 4.56. The highest BCUT2D eigenvalue weighted by Crippen LogP contribution is 2.29. The van der Waals surface area contributed by atoms with Gasteiger partial charge in [-0.3, -0.25) is 9.55 Å². The van der Waals surface area contributed by atoms with E-state index in [1.165, 1.54) is 10.8 Å². The molecule has 1 aromatic carbocycles. The molecule has 4 rings (SSSR count). The van der Waals surface area contributed by atoms with Crippen LogP contribution in [0.15, 0.2) is 51.1 Å². The minimum Gasteiger partial charge on any atom is -0.439 e. The molecule has 36 heavy (non-hydrogen) atoms. The van der Waals surface area contributed by atoms with Crippen molar-refractivity contribution >= 4 is 5.69 Å². The van der Waals surface area contributed by atoms with Crippen molar-refractivity contribution in [3.8, 4) is 17.7 Å². The summed E-state index contributed by atoms with van der Waals surface area (Å²) in [5.41, 5.74) is 1.37. The third-order valence-electron chi connectivity index (χ3n) is 6.68. The Hall–Kier alpha value is -3.93. The van der Waals surface area contributed by atoms with E-state index >= 15 is 0 Å². The van der Waals surface area contributed by atoms with Gasteiger partial charge in [0.05, 0.1) is 11.3 Å². The Kier molecular flexibility index (Phi) is 7.84. The Morgan fingerprint density at radius 3 is 2.58 bits per heavy atom. The van der Waals surface area contributed by atoms with E-state index in [0.717, 1.165) is 31.2 Å². The largest absolute Gasteiger partial charge is 0.439 e. The molecule has 0 amide bonds. The molecule has 188 valence electrons. The van der Waals surface area contributed by atoms with Gasteiger partial charge in [0, 0.05) is 25.4 Å². The quantitative estimate of drug-likeness (QED) is 0.535. The minimum atomic E-state index is -0.447. The van der Waals surface area contributed by atoms with Crippen LogP contribution in [0.3, 0.4) is 0 Å². The fourth-order valence-corrected chi connectivity index (χ4v) is 4.56. The maximum Gasteiger partial charge on any atom is 0.334 e. The molecule has 3 aromatic rings. The lowest BCUT2D eigenvalue weighted by Crippen LogP contribution is -2.50. The number of nitrogens with one attached hydrogen (secondary N) is 1. The van der Waals surface area contributed by atoms with Gasteiger partial charge in [0.25, 0.3) is 0 Å². The van der Waals surface area contributed by atoms with Gasteiger partial charge in [0.1, 0.15) is 11.8 Å². The summed E-state index contributed by atoms with van der Waals surface area (Å²) in [6.07, 6.45) is 6.58. The number of rotatable bonds is 7. The van der Waals surface area contributed by atoms with E-state index in [9.17, 15) is 9.59 Å². The van der Waals surface area contributed by atoms with Crippen LogP contribution < -0.4 is 21.7 Å². The monoisotopic (exact) mass is 488 g/mol. The molecule has 1 saturated carbocycles. The molecule has 1 N–H and O–H groups in total. The lowest BCUT2D eigenvalue weighted by Gasteiger charge is -2.26. The lowest BCUT2D eigenvalue weighted by atomic mass is 9.83. The van der Waals surface area contributed by atoms with Gasteiger partial charge in [-0.15, -0.1) is 0 Å². The molecule has 0 atom stereocenters. The molecule has 2 aromatic heterocycles. The first-order valence-corrected chi connectivity index (χ1v) is 12.5. The van der Waals surface area contributed by atoms with Gasteiger partial charge >= 0.3 is 11.4 Å². The fraction of sp³-hybridized carbons (Fsp3) is 0.444. The van der Waals surface area contributed by atoms with Crippen molar-refractivity contribution in [2.24, 2.45) is 16.8 Å². The zero-order chi connectivity index (χ0) is 25.7. The first kappa shape index (κ1) is 25.2. The van der Waals surface area contributed by atoms with Gasteiger partial charge in [-0.2, -0.15) is 5.26 Å². The van der Waals surface area contributed by atoms with Crippen molar-refractivity contribution in [1.29, 1.82) is 5.26 Å². The van der Waals surface area contributed by atoms with Crippen LogP contribution in [0.25, 0.3) is 0 Å². The van der Waals surface area contributed by atoms with Crippen LogP contribution in [0, 0.1) is 30.1 Å². The Morgan fingerprint density at radius 2 is 1.94 bits per heavy atom. The number of aromatic nitrogens is 4. The number of ether oxygens (including phenoxy) is 1. The number of H-pyrrole nitrogens is 1. The molecule has 1 aliphatic carbocycles. The highest BCUT2D eigenvalue weighted by molar-refractivity contribution is 5.47. The van der Waals surface area contributed by atoms with Gasteiger partial charge in [-0.05, 0) is 67.9 Å². The smallest absolute Gasteiger partial charge is 0.334 e. The van der Waals surface area contributed by atoms with Crippen molar-refractivity contribution < 1.29 is 4.74 Å². The minimum absolute atomic E-state index is 0.262. The average Bonchev–Trinajstić information content (AvgIpc) is 2.87. The summed E-state index contributed by atoms with van der Waals surface area (Å²) < 4.78 is 8.73. The molecule has 1 fully saturated rings. The molecule has 0 bridgehead atoms. The predicted octanol–water partition coefficient (Wildman–Crippen LogP) is 4.17.